The second-order valence-electron chi connectivity index (χ2n) is 7.62. The molecule has 1 aliphatic carbocycles. The van der Waals surface area contributed by atoms with Crippen LogP contribution in [0.5, 0.6) is 0 Å². The van der Waals surface area contributed by atoms with E-state index in [1.807, 2.05) is 0 Å². The lowest BCUT2D eigenvalue weighted by atomic mass is 9.83. The summed E-state index contributed by atoms with van der Waals surface area (Å²) in [7, 11) is 1.65. The van der Waals surface area contributed by atoms with E-state index in [2.05, 4.69) is 10.3 Å². The van der Waals surface area contributed by atoms with Crippen molar-refractivity contribution in [3.05, 3.63) is 47.0 Å². The van der Waals surface area contributed by atoms with Crippen molar-refractivity contribution in [2.75, 3.05) is 11.9 Å². The lowest BCUT2D eigenvalue weighted by Gasteiger charge is -2.31. The molecule has 152 valence electrons. The van der Waals surface area contributed by atoms with E-state index in [0.717, 1.165) is 11.1 Å². The third-order valence-corrected chi connectivity index (χ3v) is 5.90. The number of benzene rings is 1. The summed E-state index contributed by atoms with van der Waals surface area (Å²) in [4.78, 5) is 29.5. The zero-order valence-electron chi connectivity index (χ0n) is 16.5. The zero-order valence-corrected chi connectivity index (χ0v) is 16.5. The molecule has 1 aliphatic heterocycles. The van der Waals surface area contributed by atoms with Gasteiger partial charge in [-0.25, -0.2) is 8.78 Å². The van der Waals surface area contributed by atoms with Crippen LogP contribution in [0.3, 0.4) is 0 Å². The van der Waals surface area contributed by atoms with Gasteiger partial charge in [-0.1, -0.05) is 6.92 Å². The number of nitrogens with zero attached hydrogens (tertiary/aromatic N) is 2. The lowest BCUT2D eigenvalue weighted by molar-refractivity contribution is -0.122. The Hall–Kier alpha value is -2.83. The van der Waals surface area contributed by atoms with Gasteiger partial charge in [0, 0.05) is 49.1 Å². The average Bonchev–Trinajstić information content (AvgIpc) is 2.72. The van der Waals surface area contributed by atoms with E-state index in [4.69, 9.17) is 0 Å². The van der Waals surface area contributed by atoms with E-state index in [-0.39, 0.29) is 24.7 Å². The number of aryl methyl sites for hydroxylation is 1. The summed E-state index contributed by atoms with van der Waals surface area (Å²) in [5, 5.41) is 2.74. The average molecular weight is 399 g/mol. The molecule has 7 heteroatoms. The molecule has 0 fully saturated rings. The van der Waals surface area contributed by atoms with Gasteiger partial charge in [0.25, 0.3) is 0 Å². The van der Waals surface area contributed by atoms with E-state index >= 15 is 4.39 Å². The van der Waals surface area contributed by atoms with E-state index in [9.17, 15) is 14.0 Å². The molecule has 2 heterocycles. The molecule has 2 amide bonds. The highest BCUT2D eigenvalue weighted by Gasteiger charge is 2.33. The molecule has 1 N–H and O–H groups in total. The van der Waals surface area contributed by atoms with Crippen molar-refractivity contribution in [1.82, 2.24) is 10.3 Å². The minimum Gasteiger partial charge on any atom is -0.346 e. The molecular weight excluding hydrogens is 376 g/mol. The van der Waals surface area contributed by atoms with Crippen LogP contribution >= 0.6 is 0 Å². The van der Waals surface area contributed by atoms with Crippen LogP contribution in [0.25, 0.3) is 11.1 Å². The molecular formula is C22H23F2N3O2. The molecule has 1 aromatic carbocycles. The maximum absolute atomic E-state index is 15.1. The largest absolute Gasteiger partial charge is 0.346 e. The number of pyridine rings is 1. The molecule has 0 unspecified atom stereocenters. The minimum atomic E-state index is -1.21. The lowest BCUT2D eigenvalue weighted by Crippen LogP contribution is -2.37. The normalized spacial score (nSPS) is 20.8. The summed E-state index contributed by atoms with van der Waals surface area (Å²) in [6.07, 6.45) is 3.85. The molecule has 0 saturated heterocycles. The van der Waals surface area contributed by atoms with Crippen LogP contribution in [-0.2, 0) is 22.4 Å². The number of aromatic nitrogens is 1. The van der Waals surface area contributed by atoms with Gasteiger partial charge < -0.3 is 10.2 Å². The van der Waals surface area contributed by atoms with Gasteiger partial charge in [-0.3, -0.25) is 14.6 Å². The Morgan fingerprint density at radius 3 is 2.79 bits per heavy atom. The monoisotopic (exact) mass is 399 g/mol. The molecule has 2 aliphatic rings. The smallest absolute Gasteiger partial charge is 0.227 e. The number of rotatable bonds is 3. The number of carbonyl (C=O) groups is 2. The highest BCUT2D eigenvalue weighted by atomic mass is 19.1. The second-order valence-corrected chi connectivity index (χ2v) is 7.62. The number of halogens is 2. The number of hydrogen-bond donors (Lipinski definition) is 1. The summed E-state index contributed by atoms with van der Waals surface area (Å²) in [5.41, 5.74) is 3.91. The Bertz CT molecular complexity index is 992. The molecule has 4 rings (SSSR count). The second kappa shape index (κ2) is 7.54. The van der Waals surface area contributed by atoms with Crippen molar-refractivity contribution in [2.24, 2.45) is 0 Å². The van der Waals surface area contributed by atoms with Crippen molar-refractivity contribution < 1.29 is 18.4 Å². The summed E-state index contributed by atoms with van der Waals surface area (Å²) in [6, 6.07) is 2.38. The summed E-state index contributed by atoms with van der Waals surface area (Å²) in [5.74, 6) is -0.715. The number of nitrogens with one attached hydrogen (secondary N) is 1. The van der Waals surface area contributed by atoms with Crippen molar-refractivity contribution in [2.45, 2.75) is 51.2 Å². The number of carbonyl (C=O) groups excluding carboxylic acids is 2. The third-order valence-electron chi connectivity index (χ3n) is 5.90. The highest BCUT2D eigenvalue weighted by molar-refractivity contribution is 5.96. The zero-order chi connectivity index (χ0) is 20.7. The van der Waals surface area contributed by atoms with Crippen LogP contribution in [0.4, 0.5) is 14.5 Å². The molecule has 0 radical (unpaired) electrons. The first-order valence-corrected chi connectivity index (χ1v) is 9.90. The van der Waals surface area contributed by atoms with E-state index < -0.39 is 18.0 Å². The maximum atomic E-state index is 15.1. The van der Waals surface area contributed by atoms with E-state index in [1.54, 1.807) is 32.4 Å². The molecule has 0 bridgehead atoms. The molecule has 2 aromatic rings. The number of amides is 2. The quantitative estimate of drug-likeness (QED) is 0.857. The van der Waals surface area contributed by atoms with Crippen LogP contribution in [0, 0.1) is 5.82 Å². The Kier molecular flexibility index (Phi) is 5.06. The van der Waals surface area contributed by atoms with Crippen molar-refractivity contribution in [1.29, 1.82) is 0 Å². The number of anilines is 1. The number of alkyl halides is 1. The van der Waals surface area contributed by atoms with Crippen LogP contribution in [0.2, 0.25) is 0 Å². The van der Waals surface area contributed by atoms with Crippen molar-refractivity contribution in [3.8, 4) is 11.1 Å². The van der Waals surface area contributed by atoms with Gasteiger partial charge >= 0.3 is 0 Å². The SMILES string of the molecule is CCC(=O)N[C@@H]1c2cncc(-c3cc4c(cc3F)N(C)C(=O)CC4)c2CC[C@@H]1F. The first-order chi connectivity index (χ1) is 13.9. The maximum Gasteiger partial charge on any atom is 0.227 e. The first kappa shape index (κ1) is 19.5. The van der Waals surface area contributed by atoms with Gasteiger partial charge in [0.15, 0.2) is 0 Å². The predicted octanol–water partition coefficient (Wildman–Crippen LogP) is 3.65. The standard InChI is InChI=1S/C22H23F2N3O2/c1-3-20(28)26-22-16-11-25-10-15(13(16)5-6-17(22)23)14-8-12-4-7-21(29)27(2)19(12)9-18(14)24/h8-11,17,22H,3-7H2,1-2H3,(H,26,28)/t17-,22+/m0/s1. The topological polar surface area (TPSA) is 62.3 Å². The van der Waals surface area contributed by atoms with Gasteiger partial charge in [0.1, 0.15) is 12.0 Å². The van der Waals surface area contributed by atoms with E-state index in [0.29, 0.717) is 41.6 Å². The van der Waals surface area contributed by atoms with E-state index in [1.165, 1.54) is 11.0 Å². The molecule has 0 spiro atoms. The van der Waals surface area contributed by atoms with Crippen molar-refractivity contribution >= 4 is 17.5 Å². The van der Waals surface area contributed by atoms with Gasteiger partial charge in [0.05, 0.1) is 6.04 Å². The predicted molar refractivity (Wildman–Crippen MR) is 106 cm³/mol. The fraction of sp³-hybridized carbons (Fsp3) is 0.409. The molecule has 5 nitrogen and oxygen atoms in total. The van der Waals surface area contributed by atoms with Gasteiger partial charge in [0.2, 0.25) is 11.8 Å². The number of fused-ring (bicyclic) bond motifs is 2. The fourth-order valence-electron chi connectivity index (χ4n) is 4.24. The summed E-state index contributed by atoms with van der Waals surface area (Å²) in [6.45, 7) is 1.71. The molecule has 2 atom stereocenters. The minimum absolute atomic E-state index is 0.0353. The van der Waals surface area contributed by atoms with Crippen LogP contribution in [0.15, 0.2) is 24.5 Å². The Morgan fingerprint density at radius 1 is 1.24 bits per heavy atom. The Morgan fingerprint density at radius 2 is 2.03 bits per heavy atom. The van der Waals surface area contributed by atoms with Crippen LogP contribution in [-0.4, -0.2) is 30.0 Å². The van der Waals surface area contributed by atoms with Gasteiger partial charge in [-0.2, -0.15) is 0 Å². The summed E-state index contributed by atoms with van der Waals surface area (Å²) >= 11 is 0. The highest BCUT2D eigenvalue weighted by Crippen LogP contribution is 2.40. The molecule has 1 aromatic heterocycles. The summed E-state index contributed by atoms with van der Waals surface area (Å²) < 4.78 is 29.7. The molecule has 0 saturated carbocycles. The Balaban J connectivity index is 1.80. The van der Waals surface area contributed by atoms with Crippen LogP contribution < -0.4 is 10.2 Å². The molecule has 29 heavy (non-hydrogen) atoms. The Labute approximate surface area is 168 Å². The van der Waals surface area contributed by atoms with Gasteiger partial charge in [-0.05, 0) is 48.1 Å². The van der Waals surface area contributed by atoms with Crippen molar-refractivity contribution in [3.63, 3.8) is 0 Å². The van der Waals surface area contributed by atoms with Crippen LogP contribution in [0.1, 0.15) is 48.9 Å². The third kappa shape index (κ3) is 3.39. The van der Waals surface area contributed by atoms with Gasteiger partial charge in [-0.15, -0.1) is 0 Å². The fourth-order valence-corrected chi connectivity index (χ4v) is 4.24. The number of hydrogen-bond acceptors (Lipinski definition) is 3. The first-order valence-electron chi connectivity index (χ1n) is 9.90.